The number of piperidine rings is 2. The van der Waals surface area contributed by atoms with E-state index >= 15 is 0 Å². The molecule has 3 heterocycles. The van der Waals surface area contributed by atoms with E-state index in [1.807, 2.05) is 9.80 Å². The monoisotopic (exact) mass is 477 g/mol. The SMILES string of the molecule is NC1CC(N)CN(c2nc(Nc3ccccc3S(N)(=O)=O)nc(N3CC(N)CC(N)C3)n2)C1. The van der Waals surface area contributed by atoms with Crippen molar-refractivity contribution in [2.45, 2.75) is 41.9 Å². The first kappa shape index (κ1) is 23.5. The van der Waals surface area contributed by atoms with Crippen LogP contribution in [0.4, 0.5) is 23.5 Å². The second-order valence-electron chi connectivity index (χ2n) is 8.75. The minimum atomic E-state index is -3.96. The molecule has 180 valence electrons. The van der Waals surface area contributed by atoms with Gasteiger partial charge >= 0.3 is 0 Å². The maximum Gasteiger partial charge on any atom is 0.240 e. The highest BCUT2D eigenvalue weighted by atomic mass is 32.2. The van der Waals surface area contributed by atoms with Crippen LogP contribution in [0.3, 0.4) is 0 Å². The standard InChI is InChI=1S/C19H31N11O2S/c20-11-5-12(21)8-29(7-11)18-26-17(25-15-3-1-2-4-16(15)33(24,31)32)27-19(28-18)30-9-13(22)6-14(23)10-30/h1-4,11-14H,5-10,20-23H2,(H2,24,31,32)(H,25,26,27,28). The fourth-order valence-corrected chi connectivity index (χ4v) is 5.01. The number of nitrogens with zero attached hydrogens (tertiary/aromatic N) is 5. The van der Waals surface area contributed by atoms with Gasteiger partial charge in [0.05, 0.1) is 5.69 Å². The Balaban J connectivity index is 1.74. The van der Waals surface area contributed by atoms with Crippen LogP contribution < -0.4 is 43.2 Å². The highest BCUT2D eigenvalue weighted by Gasteiger charge is 2.29. The lowest BCUT2D eigenvalue weighted by atomic mass is 10.0. The Bertz CT molecular complexity index is 1030. The fraction of sp³-hybridized carbons (Fsp3) is 0.526. The number of benzene rings is 1. The van der Waals surface area contributed by atoms with Crippen LogP contribution in [0.5, 0.6) is 0 Å². The average molecular weight is 478 g/mol. The fourth-order valence-electron chi connectivity index (χ4n) is 4.31. The molecule has 33 heavy (non-hydrogen) atoms. The van der Waals surface area contributed by atoms with Crippen molar-refractivity contribution >= 4 is 33.6 Å². The summed E-state index contributed by atoms with van der Waals surface area (Å²) < 4.78 is 24.1. The molecule has 1 aromatic heterocycles. The third-order valence-electron chi connectivity index (χ3n) is 5.65. The summed E-state index contributed by atoms with van der Waals surface area (Å²) in [7, 11) is -3.96. The third kappa shape index (κ3) is 5.66. The summed E-state index contributed by atoms with van der Waals surface area (Å²) in [4.78, 5) is 17.5. The van der Waals surface area contributed by atoms with Crippen LogP contribution in [0.25, 0.3) is 0 Å². The number of hydrogen-bond acceptors (Lipinski definition) is 12. The number of hydrogen-bond donors (Lipinski definition) is 6. The van der Waals surface area contributed by atoms with Gasteiger partial charge < -0.3 is 38.1 Å². The van der Waals surface area contributed by atoms with Crippen LogP contribution in [0.1, 0.15) is 12.8 Å². The predicted molar refractivity (Wildman–Crippen MR) is 126 cm³/mol. The quantitative estimate of drug-likeness (QED) is 0.275. The molecular formula is C19H31N11O2S. The molecule has 0 saturated carbocycles. The zero-order valence-corrected chi connectivity index (χ0v) is 19.0. The van der Waals surface area contributed by atoms with E-state index in [0.29, 0.717) is 50.9 Å². The van der Waals surface area contributed by atoms with Gasteiger partial charge in [-0.05, 0) is 25.0 Å². The number of sulfonamides is 1. The van der Waals surface area contributed by atoms with Gasteiger partial charge in [-0.1, -0.05) is 12.1 Å². The Morgan fingerprint density at radius 2 is 1.24 bits per heavy atom. The summed E-state index contributed by atoms with van der Waals surface area (Å²) in [6.45, 7) is 2.12. The molecule has 14 heteroatoms. The van der Waals surface area contributed by atoms with Crippen molar-refractivity contribution in [1.29, 1.82) is 0 Å². The summed E-state index contributed by atoms with van der Waals surface area (Å²) in [5, 5.41) is 8.36. The number of anilines is 4. The van der Waals surface area contributed by atoms with E-state index in [9.17, 15) is 8.42 Å². The topological polar surface area (TPSA) is 221 Å². The molecule has 2 aromatic rings. The molecule has 0 radical (unpaired) electrons. The smallest absolute Gasteiger partial charge is 0.240 e. The molecule has 2 fully saturated rings. The lowest BCUT2D eigenvalue weighted by molar-refractivity contribution is 0.441. The zero-order valence-electron chi connectivity index (χ0n) is 18.2. The normalized spacial score (nSPS) is 26.3. The molecule has 0 bridgehead atoms. The zero-order chi connectivity index (χ0) is 23.8. The predicted octanol–water partition coefficient (Wildman–Crippen LogP) is -2.01. The molecule has 0 spiro atoms. The van der Waals surface area contributed by atoms with E-state index in [1.165, 1.54) is 6.07 Å². The Morgan fingerprint density at radius 3 is 1.70 bits per heavy atom. The van der Waals surface area contributed by atoms with Crippen LogP contribution in [-0.2, 0) is 10.0 Å². The number of rotatable bonds is 5. The first-order valence-corrected chi connectivity index (χ1v) is 12.3. The van der Waals surface area contributed by atoms with Crippen LogP contribution >= 0.6 is 0 Å². The molecule has 0 amide bonds. The highest BCUT2D eigenvalue weighted by Crippen LogP contribution is 2.26. The summed E-state index contributed by atoms with van der Waals surface area (Å²) in [6.07, 6.45) is 1.41. The molecule has 2 aliphatic rings. The van der Waals surface area contributed by atoms with E-state index in [1.54, 1.807) is 18.2 Å². The van der Waals surface area contributed by atoms with E-state index in [4.69, 9.17) is 28.1 Å². The van der Waals surface area contributed by atoms with Crippen molar-refractivity contribution in [1.82, 2.24) is 15.0 Å². The minimum absolute atomic E-state index is 0.0717. The molecule has 1 aromatic carbocycles. The van der Waals surface area contributed by atoms with Crippen molar-refractivity contribution in [3.8, 4) is 0 Å². The van der Waals surface area contributed by atoms with Gasteiger partial charge in [0, 0.05) is 50.3 Å². The summed E-state index contributed by atoms with van der Waals surface area (Å²) in [5.74, 6) is 0.925. The van der Waals surface area contributed by atoms with Gasteiger partial charge in [-0.3, -0.25) is 0 Å². The number of aromatic nitrogens is 3. The largest absolute Gasteiger partial charge is 0.338 e. The van der Waals surface area contributed by atoms with E-state index in [2.05, 4.69) is 20.3 Å². The average Bonchev–Trinajstić information content (AvgIpc) is 2.72. The number of nitrogens with one attached hydrogen (secondary N) is 1. The van der Waals surface area contributed by atoms with Crippen molar-refractivity contribution in [2.24, 2.45) is 28.1 Å². The maximum absolute atomic E-state index is 12.0. The third-order valence-corrected chi connectivity index (χ3v) is 6.62. The Labute approximate surface area is 192 Å². The molecule has 4 rings (SSSR count). The van der Waals surface area contributed by atoms with Crippen molar-refractivity contribution in [2.75, 3.05) is 41.3 Å². The van der Waals surface area contributed by atoms with E-state index < -0.39 is 10.0 Å². The van der Waals surface area contributed by atoms with Crippen molar-refractivity contribution in [3.63, 3.8) is 0 Å². The number of nitrogens with two attached hydrogens (primary N) is 5. The van der Waals surface area contributed by atoms with Crippen LogP contribution in [0.2, 0.25) is 0 Å². The van der Waals surface area contributed by atoms with Crippen LogP contribution in [0.15, 0.2) is 29.2 Å². The van der Waals surface area contributed by atoms with Gasteiger partial charge in [0.2, 0.25) is 27.9 Å². The first-order valence-electron chi connectivity index (χ1n) is 10.8. The van der Waals surface area contributed by atoms with Gasteiger partial charge in [0.1, 0.15) is 4.90 Å². The molecular weight excluding hydrogens is 446 g/mol. The Hall–Kier alpha value is -2.62. The Kier molecular flexibility index (Phi) is 6.65. The molecule has 13 nitrogen and oxygen atoms in total. The summed E-state index contributed by atoms with van der Waals surface area (Å²) in [5.41, 5.74) is 24.9. The second kappa shape index (κ2) is 9.32. The van der Waals surface area contributed by atoms with Gasteiger partial charge in [0.25, 0.3) is 0 Å². The highest BCUT2D eigenvalue weighted by molar-refractivity contribution is 7.89. The molecule has 11 N–H and O–H groups in total. The lowest BCUT2D eigenvalue weighted by Gasteiger charge is -2.37. The van der Waals surface area contributed by atoms with Crippen molar-refractivity contribution < 1.29 is 8.42 Å². The first-order chi connectivity index (χ1) is 15.6. The Morgan fingerprint density at radius 1 is 0.788 bits per heavy atom. The maximum atomic E-state index is 12.0. The molecule has 4 atom stereocenters. The number of para-hydroxylation sites is 1. The van der Waals surface area contributed by atoms with Gasteiger partial charge in [0.15, 0.2) is 0 Å². The molecule has 0 aliphatic carbocycles. The number of primary sulfonamides is 1. The van der Waals surface area contributed by atoms with Crippen LogP contribution in [0, 0.1) is 0 Å². The van der Waals surface area contributed by atoms with Gasteiger partial charge in [-0.2, -0.15) is 15.0 Å². The molecule has 2 saturated heterocycles. The summed E-state index contributed by atoms with van der Waals surface area (Å²) >= 11 is 0. The lowest BCUT2D eigenvalue weighted by Crippen LogP contribution is -2.54. The van der Waals surface area contributed by atoms with E-state index in [0.717, 1.165) is 0 Å². The molecule has 2 aliphatic heterocycles. The van der Waals surface area contributed by atoms with Gasteiger partial charge in [-0.15, -0.1) is 0 Å². The second-order valence-corrected chi connectivity index (χ2v) is 10.3. The molecule has 4 unspecified atom stereocenters. The van der Waals surface area contributed by atoms with Gasteiger partial charge in [-0.25, -0.2) is 13.6 Å². The van der Waals surface area contributed by atoms with Crippen molar-refractivity contribution in [3.05, 3.63) is 24.3 Å². The summed E-state index contributed by atoms with van der Waals surface area (Å²) in [6, 6.07) is 5.79. The minimum Gasteiger partial charge on any atom is -0.338 e. The van der Waals surface area contributed by atoms with E-state index in [-0.39, 0.29) is 40.7 Å². The van der Waals surface area contributed by atoms with Crippen LogP contribution in [-0.4, -0.2) is 73.7 Å².